The molecule has 0 radical (unpaired) electrons. The van der Waals surface area contributed by atoms with Gasteiger partial charge < -0.3 is 10.1 Å². The molecule has 0 saturated heterocycles. The number of thiophene rings is 1. The minimum Gasteiger partial charge on any atom is -0.463 e. The van der Waals surface area contributed by atoms with Crippen molar-refractivity contribution in [2.75, 3.05) is 18.5 Å². The molecule has 0 spiro atoms. The second-order valence-electron chi connectivity index (χ2n) is 3.64. The van der Waals surface area contributed by atoms with E-state index in [4.69, 9.17) is 4.74 Å². The highest BCUT2D eigenvalue weighted by Crippen LogP contribution is 2.29. The van der Waals surface area contributed by atoms with Crippen molar-refractivity contribution < 1.29 is 4.74 Å². The van der Waals surface area contributed by atoms with Crippen molar-refractivity contribution in [3.8, 4) is 6.01 Å². The monoisotopic (exact) mass is 296 g/mol. The molecule has 2 aromatic heterocycles. The topological polar surface area (TPSA) is 59.9 Å². The lowest BCUT2D eigenvalue weighted by Gasteiger charge is -2.07. The molecule has 0 bridgehead atoms. The predicted octanol–water partition coefficient (Wildman–Crippen LogP) is 3.30. The van der Waals surface area contributed by atoms with Crippen molar-refractivity contribution in [1.82, 2.24) is 15.0 Å². The summed E-state index contributed by atoms with van der Waals surface area (Å²) in [7, 11) is 0. The Hall–Kier alpha value is -1.34. The predicted molar refractivity (Wildman–Crippen MR) is 78.2 cm³/mol. The van der Waals surface area contributed by atoms with Gasteiger partial charge in [-0.05, 0) is 36.6 Å². The maximum absolute atomic E-state index is 5.49. The molecule has 0 aromatic carbocycles. The first kappa shape index (κ1) is 14.1. The highest BCUT2D eigenvalue weighted by atomic mass is 32.2. The van der Waals surface area contributed by atoms with Crippen LogP contribution in [0.5, 0.6) is 6.01 Å². The molecule has 2 aromatic rings. The molecule has 1 N–H and O–H groups in total. The van der Waals surface area contributed by atoms with Gasteiger partial charge in [0.05, 0.1) is 10.8 Å². The fourth-order valence-corrected chi connectivity index (χ4v) is 2.90. The fraction of sp³-hybridized carbons (Fsp3) is 0.417. The van der Waals surface area contributed by atoms with E-state index in [-0.39, 0.29) is 0 Å². The Morgan fingerprint density at radius 2 is 2.21 bits per heavy atom. The molecule has 2 rings (SSSR count). The standard InChI is InChI=1S/C12H16N4OS2/c1-3-7-17-11-14-10(13-4-2)15-12(16-11)19-9-6-5-8-18-9/h5-6,8H,3-4,7H2,1-2H3,(H,13,14,15,16). The first-order valence-electron chi connectivity index (χ1n) is 6.16. The van der Waals surface area contributed by atoms with Gasteiger partial charge in [-0.2, -0.15) is 15.0 Å². The molecule has 0 aliphatic heterocycles. The second kappa shape index (κ2) is 7.30. The van der Waals surface area contributed by atoms with Crippen LogP contribution in [0.15, 0.2) is 26.9 Å². The third-order valence-electron chi connectivity index (χ3n) is 2.05. The van der Waals surface area contributed by atoms with Gasteiger partial charge in [0.15, 0.2) is 0 Å². The summed E-state index contributed by atoms with van der Waals surface area (Å²) in [6.07, 6.45) is 0.926. The summed E-state index contributed by atoms with van der Waals surface area (Å²) < 4.78 is 6.64. The van der Waals surface area contributed by atoms with Crippen LogP contribution >= 0.6 is 23.1 Å². The Morgan fingerprint density at radius 1 is 1.32 bits per heavy atom. The molecular weight excluding hydrogens is 280 g/mol. The zero-order valence-corrected chi connectivity index (χ0v) is 12.6. The van der Waals surface area contributed by atoms with Crippen LogP contribution in [0.3, 0.4) is 0 Å². The van der Waals surface area contributed by atoms with Crippen LogP contribution in [0.4, 0.5) is 5.95 Å². The zero-order valence-electron chi connectivity index (χ0n) is 10.9. The molecule has 2 heterocycles. The van der Waals surface area contributed by atoms with E-state index in [0.29, 0.717) is 23.7 Å². The van der Waals surface area contributed by atoms with Crippen LogP contribution in [0.2, 0.25) is 0 Å². The number of nitrogens with one attached hydrogen (secondary N) is 1. The molecule has 102 valence electrons. The molecular formula is C12H16N4OS2. The minimum atomic E-state index is 0.381. The van der Waals surface area contributed by atoms with Gasteiger partial charge in [0, 0.05) is 6.54 Å². The Labute approximate surface area is 120 Å². The van der Waals surface area contributed by atoms with E-state index in [1.165, 1.54) is 11.8 Å². The van der Waals surface area contributed by atoms with Crippen LogP contribution in [-0.2, 0) is 0 Å². The summed E-state index contributed by atoms with van der Waals surface area (Å²) in [5.41, 5.74) is 0. The number of hydrogen-bond acceptors (Lipinski definition) is 7. The molecule has 0 aliphatic rings. The molecule has 0 aliphatic carbocycles. The lowest BCUT2D eigenvalue weighted by atomic mass is 10.5. The molecule has 7 heteroatoms. The molecule has 19 heavy (non-hydrogen) atoms. The zero-order chi connectivity index (χ0) is 13.5. The van der Waals surface area contributed by atoms with Crippen LogP contribution in [-0.4, -0.2) is 28.1 Å². The number of nitrogens with zero attached hydrogens (tertiary/aromatic N) is 3. The first-order valence-corrected chi connectivity index (χ1v) is 7.85. The number of hydrogen-bond donors (Lipinski definition) is 1. The summed E-state index contributed by atoms with van der Waals surface area (Å²) in [5, 5.41) is 5.78. The largest absolute Gasteiger partial charge is 0.463 e. The van der Waals surface area contributed by atoms with Gasteiger partial charge in [-0.1, -0.05) is 13.0 Å². The van der Waals surface area contributed by atoms with Crippen LogP contribution < -0.4 is 10.1 Å². The van der Waals surface area contributed by atoms with Gasteiger partial charge >= 0.3 is 6.01 Å². The number of aromatic nitrogens is 3. The SMILES string of the molecule is CCCOc1nc(NCC)nc(Sc2cccs2)n1. The third-order valence-corrected chi connectivity index (χ3v) is 3.95. The lowest BCUT2D eigenvalue weighted by Crippen LogP contribution is -2.07. The maximum Gasteiger partial charge on any atom is 0.322 e. The van der Waals surface area contributed by atoms with E-state index in [0.717, 1.165) is 17.2 Å². The smallest absolute Gasteiger partial charge is 0.322 e. The Morgan fingerprint density at radius 3 is 2.89 bits per heavy atom. The van der Waals surface area contributed by atoms with Crippen molar-refractivity contribution in [2.24, 2.45) is 0 Å². The van der Waals surface area contributed by atoms with Gasteiger partial charge in [0.25, 0.3) is 0 Å². The minimum absolute atomic E-state index is 0.381. The summed E-state index contributed by atoms with van der Waals surface area (Å²) in [5.74, 6) is 0.558. The normalized spacial score (nSPS) is 10.4. The number of anilines is 1. The van der Waals surface area contributed by atoms with Crippen LogP contribution in [0, 0.1) is 0 Å². The second-order valence-corrected chi connectivity index (χ2v) is 5.85. The molecule has 0 unspecified atom stereocenters. The summed E-state index contributed by atoms with van der Waals surface area (Å²) in [6.45, 7) is 5.43. The van der Waals surface area contributed by atoms with Gasteiger partial charge in [-0.3, -0.25) is 0 Å². The van der Waals surface area contributed by atoms with E-state index in [9.17, 15) is 0 Å². The average Bonchev–Trinajstić information content (AvgIpc) is 2.89. The van der Waals surface area contributed by atoms with E-state index in [2.05, 4.69) is 20.3 Å². The van der Waals surface area contributed by atoms with Crippen molar-refractivity contribution in [3.05, 3.63) is 17.5 Å². The quantitative estimate of drug-likeness (QED) is 0.846. The highest BCUT2D eigenvalue weighted by molar-refractivity contribution is 8.01. The van der Waals surface area contributed by atoms with Crippen molar-refractivity contribution in [2.45, 2.75) is 29.6 Å². The average molecular weight is 296 g/mol. The van der Waals surface area contributed by atoms with Crippen molar-refractivity contribution >= 4 is 29.0 Å². The molecule has 0 amide bonds. The van der Waals surface area contributed by atoms with Gasteiger partial charge in [0.1, 0.15) is 0 Å². The van der Waals surface area contributed by atoms with Gasteiger partial charge in [-0.15, -0.1) is 11.3 Å². The van der Waals surface area contributed by atoms with Crippen molar-refractivity contribution in [3.63, 3.8) is 0 Å². The lowest BCUT2D eigenvalue weighted by molar-refractivity contribution is 0.288. The molecule has 5 nitrogen and oxygen atoms in total. The third kappa shape index (κ3) is 4.36. The number of ether oxygens (including phenoxy) is 1. The molecule has 0 atom stereocenters. The molecule has 0 saturated carbocycles. The summed E-state index contributed by atoms with van der Waals surface area (Å²) in [6, 6.07) is 4.43. The first-order chi connectivity index (χ1) is 9.31. The van der Waals surface area contributed by atoms with Gasteiger partial charge in [-0.25, -0.2) is 0 Å². The van der Waals surface area contributed by atoms with Crippen LogP contribution in [0.25, 0.3) is 0 Å². The van der Waals surface area contributed by atoms with Crippen molar-refractivity contribution in [1.29, 1.82) is 0 Å². The Kier molecular flexibility index (Phi) is 5.41. The van der Waals surface area contributed by atoms with E-state index < -0.39 is 0 Å². The van der Waals surface area contributed by atoms with E-state index in [1.54, 1.807) is 11.3 Å². The number of rotatable bonds is 7. The highest BCUT2D eigenvalue weighted by Gasteiger charge is 2.09. The fourth-order valence-electron chi connectivity index (χ4n) is 1.29. The Bertz CT molecular complexity index is 504. The summed E-state index contributed by atoms with van der Waals surface area (Å²) >= 11 is 3.18. The van der Waals surface area contributed by atoms with Gasteiger partial charge in [0.2, 0.25) is 11.1 Å². The van der Waals surface area contributed by atoms with E-state index >= 15 is 0 Å². The summed E-state index contributed by atoms with van der Waals surface area (Å²) in [4.78, 5) is 12.9. The van der Waals surface area contributed by atoms with Crippen LogP contribution in [0.1, 0.15) is 20.3 Å². The maximum atomic E-state index is 5.49. The molecule has 0 fully saturated rings. The Balaban J connectivity index is 2.17. The van der Waals surface area contributed by atoms with E-state index in [1.807, 2.05) is 31.4 Å².